The zero-order valence-corrected chi connectivity index (χ0v) is 20.7. The summed E-state index contributed by atoms with van der Waals surface area (Å²) in [6.45, 7) is 2.63. The van der Waals surface area contributed by atoms with Gasteiger partial charge < -0.3 is 4.74 Å². The SMILES string of the molecule is CCCOc1ccc(/C=C2\SC(=Nc3ccc(Cl)cc3)N(c3ccc(Cl)cc3)C2=O)cc1Cl. The van der Waals surface area contributed by atoms with Crippen LogP contribution in [0.25, 0.3) is 6.08 Å². The molecule has 0 aliphatic carbocycles. The third-order valence-corrected chi connectivity index (χ3v) is 6.43. The predicted molar refractivity (Wildman–Crippen MR) is 140 cm³/mol. The molecular formula is C25H19Cl3N2O2S. The van der Waals surface area contributed by atoms with Crippen molar-refractivity contribution in [2.24, 2.45) is 4.99 Å². The lowest BCUT2D eigenvalue weighted by atomic mass is 10.2. The summed E-state index contributed by atoms with van der Waals surface area (Å²) in [7, 11) is 0. The van der Waals surface area contributed by atoms with Crippen LogP contribution in [0.1, 0.15) is 18.9 Å². The van der Waals surface area contributed by atoms with Gasteiger partial charge in [0.25, 0.3) is 5.91 Å². The highest BCUT2D eigenvalue weighted by Crippen LogP contribution is 2.38. The summed E-state index contributed by atoms with van der Waals surface area (Å²) in [5.41, 5.74) is 2.16. The van der Waals surface area contributed by atoms with Gasteiger partial charge in [0.1, 0.15) is 5.75 Å². The average Bonchev–Trinajstić information content (AvgIpc) is 3.10. The first-order valence-corrected chi connectivity index (χ1v) is 12.2. The first kappa shape index (κ1) is 23.7. The maximum Gasteiger partial charge on any atom is 0.271 e. The molecule has 0 unspecified atom stereocenters. The highest BCUT2D eigenvalue weighted by Gasteiger charge is 2.34. The molecule has 33 heavy (non-hydrogen) atoms. The summed E-state index contributed by atoms with van der Waals surface area (Å²) >= 11 is 19.7. The first-order chi connectivity index (χ1) is 15.9. The minimum Gasteiger partial charge on any atom is -0.492 e. The fourth-order valence-corrected chi connectivity index (χ4v) is 4.58. The summed E-state index contributed by atoms with van der Waals surface area (Å²) in [4.78, 5) is 20.2. The molecular weight excluding hydrogens is 499 g/mol. The Morgan fingerprint density at radius 3 is 2.27 bits per heavy atom. The third kappa shape index (κ3) is 5.74. The minimum atomic E-state index is -0.183. The van der Waals surface area contributed by atoms with Crippen LogP contribution in [0.15, 0.2) is 76.6 Å². The van der Waals surface area contributed by atoms with E-state index in [0.717, 1.165) is 12.0 Å². The molecule has 1 heterocycles. The number of benzene rings is 3. The molecule has 4 rings (SSSR count). The van der Waals surface area contributed by atoms with E-state index in [1.165, 1.54) is 11.8 Å². The monoisotopic (exact) mass is 516 g/mol. The van der Waals surface area contributed by atoms with Gasteiger partial charge in [-0.25, -0.2) is 4.99 Å². The number of amides is 1. The largest absolute Gasteiger partial charge is 0.492 e. The van der Waals surface area contributed by atoms with Crippen molar-refractivity contribution in [3.05, 3.63) is 92.3 Å². The van der Waals surface area contributed by atoms with E-state index in [4.69, 9.17) is 44.5 Å². The quantitative estimate of drug-likeness (QED) is 0.309. The van der Waals surface area contributed by atoms with E-state index in [0.29, 0.717) is 48.9 Å². The van der Waals surface area contributed by atoms with Gasteiger partial charge in [-0.15, -0.1) is 0 Å². The molecule has 1 aliphatic heterocycles. The number of hydrogen-bond donors (Lipinski definition) is 0. The van der Waals surface area contributed by atoms with Crippen LogP contribution >= 0.6 is 46.6 Å². The van der Waals surface area contributed by atoms with Gasteiger partial charge in [-0.1, -0.05) is 47.8 Å². The molecule has 0 spiro atoms. The van der Waals surface area contributed by atoms with E-state index in [9.17, 15) is 4.79 Å². The molecule has 8 heteroatoms. The van der Waals surface area contributed by atoms with Crippen molar-refractivity contribution in [2.75, 3.05) is 11.5 Å². The number of carbonyl (C=O) groups excluding carboxylic acids is 1. The maximum atomic E-state index is 13.4. The summed E-state index contributed by atoms with van der Waals surface area (Å²) < 4.78 is 5.64. The Hall–Kier alpha value is -2.44. The van der Waals surface area contributed by atoms with Crippen molar-refractivity contribution in [3.63, 3.8) is 0 Å². The van der Waals surface area contributed by atoms with Crippen LogP contribution in [-0.2, 0) is 4.79 Å². The van der Waals surface area contributed by atoms with E-state index >= 15 is 0 Å². The number of halogens is 3. The van der Waals surface area contributed by atoms with Crippen molar-refractivity contribution in [1.29, 1.82) is 0 Å². The summed E-state index contributed by atoms with van der Waals surface area (Å²) in [5.74, 6) is 0.441. The highest BCUT2D eigenvalue weighted by molar-refractivity contribution is 8.19. The Kier molecular flexibility index (Phi) is 7.66. The second-order valence-electron chi connectivity index (χ2n) is 7.14. The zero-order chi connectivity index (χ0) is 23.4. The van der Waals surface area contributed by atoms with Crippen LogP contribution in [0, 0.1) is 0 Å². The number of amidine groups is 1. The third-order valence-electron chi connectivity index (χ3n) is 4.66. The fraction of sp³-hybridized carbons (Fsp3) is 0.120. The summed E-state index contributed by atoms with van der Waals surface area (Å²) in [6, 6.07) is 19.7. The molecule has 1 amide bonds. The number of rotatable bonds is 6. The Labute approximate surface area is 211 Å². The Bertz CT molecular complexity index is 1230. The van der Waals surface area contributed by atoms with Crippen LogP contribution < -0.4 is 9.64 Å². The van der Waals surface area contributed by atoms with Crippen LogP contribution in [0.4, 0.5) is 11.4 Å². The van der Waals surface area contributed by atoms with Gasteiger partial charge in [0.15, 0.2) is 5.17 Å². The molecule has 3 aromatic carbocycles. The summed E-state index contributed by atoms with van der Waals surface area (Å²) in [5, 5.41) is 2.24. The van der Waals surface area contributed by atoms with Crippen molar-refractivity contribution >= 4 is 75.1 Å². The van der Waals surface area contributed by atoms with Gasteiger partial charge in [-0.2, -0.15) is 0 Å². The topological polar surface area (TPSA) is 41.9 Å². The average molecular weight is 518 g/mol. The molecule has 0 radical (unpaired) electrons. The lowest BCUT2D eigenvalue weighted by Crippen LogP contribution is -2.28. The van der Waals surface area contributed by atoms with E-state index in [-0.39, 0.29) is 5.91 Å². The molecule has 1 fully saturated rings. The highest BCUT2D eigenvalue weighted by atomic mass is 35.5. The van der Waals surface area contributed by atoms with Gasteiger partial charge in [-0.05, 0) is 90.5 Å². The van der Waals surface area contributed by atoms with E-state index in [2.05, 4.69) is 0 Å². The maximum absolute atomic E-state index is 13.4. The number of anilines is 1. The Morgan fingerprint density at radius 1 is 0.970 bits per heavy atom. The molecule has 0 N–H and O–H groups in total. The molecule has 0 saturated carbocycles. The van der Waals surface area contributed by atoms with Gasteiger partial charge in [-0.3, -0.25) is 9.69 Å². The van der Waals surface area contributed by atoms with Gasteiger partial charge in [0.05, 0.1) is 27.9 Å². The molecule has 1 saturated heterocycles. The lowest BCUT2D eigenvalue weighted by Gasteiger charge is -2.15. The zero-order valence-electron chi connectivity index (χ0n) is 17.6. The van der Waals surface area contributed by atoms with Crippen LogP contribution in [0.5, 0.6) is 5.75 Å². The summed E-state index contributed by atoms with van der Waals surface area (Å²) in [6.07, 6.45) is 2.69. The molecule has 4 nitrogen and oxygen atoms in total. The lowest BCUT2D eigenvalue weighted by molar-refractivity contribution is -0.113. The molecule has 3 aromatic rings. The number of aliphatic imine (C=N–C) groups is 1. The number of hydrogen-bond acceptors (Lipinski definition) is 4. The molecule has 0 atom stereocenters. The number of nitrogens with zero attached hydrogens (tertiary/aromatic N) is 2. The Morgan fingerprint density at radius 2 is 1.64 bits per heavy atom. The predicted octanol–water partition coefficient (Wildman–Crippen LogP) is 8.24. The van der Waals surface area contributed by atoms with Gasteiger partial charge in [0, 0.05) is 10.0 Å². The first-order valence-electron chi connectivity index (χ1n) is 10.2. The van der Waals surface area contributed by atoms with Crippen LogP contribution in [0.2, 0.25) is 15.1 Å². The van der Waals surface area contributed by atoms with Crippen LogP contribution in [0.3, 0.4) is 0 Å². The smallest absolute Gasteiger partial charge is 0.271 e. The Balaban J connectivity index is 1.70. The molecule has 0 aromatic heterocycles. The van der Waals surface area contributed by atoms with Gasteiger partial charge >= 0.3 is 0 Å². The normalized spacial score (nSPS) is 16.1. The van der Waals surface area contributed by atoms with E-state index in [1.54, 1.807) is 65.6 Å². The van der Waals surface area contributed by atoms with Gasteiger partial charge in [0.2, 0.25) is 0 Å². The number of thioether (sulfide) groups is 1. The van der Waals surface area contributed by atoms with Crippen molar-refractivity contribution < 1.29 is 9.53 Å². The van der Waals surface area contributed by atoms with Crippen molar-refractivity contribution in [2.45, 2.75) is 13.3 Å². The second kappa shape index (κ2) is 10.7. The van der Waals surface area contributed by atoms with E-state index < -0.39 is 0 Å². The number of ether oxygens (including phenoxy) is 1. The molecule has 1 aliphatic rings. The minimum absolute atomic E-state index is 0.183. The van der Waals surface area contributed by atoms with Crippen molar-refractivity contribution in [3.8, 4) is 5.75 Å². The standard InChI is InChI=1S/C25H19Cl3N2O2S/c1-2-13-32-22-12-3-16(14-21(22)28)15-23-24(31)30(20-10-6-18(27)7-11-20)25(33-23)29-19-8-4-17(26)5-9-19/h3-12,14-15H,2,13H2,1H3/b23-15-,29-25?. The second-order valence-corrected chi connectivity index (χ2v) is 9.43. The molecule has 168 valence electrons. The fourth-order valence-electron chi connectivity index (χ4n) is 3.08. The van der Waals surface area contributed by atoms with Crippen LogP contribution in [-0.4, -0.2) is 17.7 Å². The molecule has 0 bridgehead atoms. The number of carbonyl (C=O) groups is 1. The van der Waals surface area contributed by atoms with E-state index in [1.807, 2.05) is 19.1 Å². The van der Waals surface area contributed by atoms with Crippen molar-refractivity contribution in [1.82, 2.24) is 0 Å².